The van der Waals surface area contributed by atoms with Gasteiger partial charge in [-0.05, 0) is 37.1 Å². The van der Waals surface area contributed by atoms with Crippen molar-refractivity contribution in [2.75, 3.05) is 25.2 Å². The Kier molecular flexibility index (Phi) is 4.69. The van der Waals surface area contributed by atoms with Crippen LogP contribution in [0.5, 0.6) is 11.5 Å². The zero-order valence-electron chi connectivity index (χ0n) is 14.6. The fraction of sp³-hybridized carbons (Fsp3) is 0.389. The number of sulfone groups is 1. The number of carbonyl (C=O) groups excluding carboxylic acids is 1. The highest BCUT2D eigenvalue weighted by atomic mass is 32.2. The molecule has 1 N–H and O–H groups in total. The summed E-state index contributed by atoms with van der Waals surface area (Å²) in [5, 5.41) is 2.36. The lowest BCUT2D eigenvalue weighted by molar-refractivity contribution is 0.174. The summed E-state index contributed by atoms with van der Waals surface area (Å²) in [6, 6.07) is 8.27. The zero-order chi connectivity index (χ0) is 18.9. The molecular weight excluding hydrogens is 372 g/mol. The maximum atomic E-state index is 12.5. The van der Waals surface area contributed by atoms with E-state index in [4.69, 9.17) is 13.9 Å². The normalized spacial score (nSPS) is 17.1. The van der Waals surface area contributed by atoms with Crippen LogP contribution in [0.3, 0.4) is 0 Å². The van der Waals surface area contributed by atoms with Crippen LogP contribution in [-0.2, 0) is 15.6 Å². The Morgan fingerprint density at radius 2 is 1.93 bits per heavy atom. The molecule has 2 aliphatic rings. The van der Waals surface area contributed by atoms with Crippen LogP contribution in [0, 0.1) is 0 Å². The lowest BCUT2D eigenvalue weighted by Gasteiger charge is -2.31. The molecule has 1 saturated heterocycles. The van der Waals surface area contributed by atoms with Gasteiger partial charge in [0.1, 0.15) is 11.5 Å². The van der Waals surface area contributed by atoms with E-state index in [2.05, 4.69) is 5.32 Å². The molecule has 27 heavy (non-hydrogen) atoms. The molecule has 0 radical (unpaired) electrons. The van der Waals surface area contributed by atoms with Gasteiger partial charge < -0.3 is 24.1 Å². The number of benzene rings is 1. The average Bonchev–Trinajstić information content (AvgIpc) is 3.32. The molecule has 2 amide bonds. The predicted molar refractivity (Wildman–Crippen MR) is 97.5 cm³/mol. The zero-order valence-corrected chi connectivity index (χ0v) is 15.4. The summed E-state index contributed by atoms with van der Waals surface area (Å²) in [4.78, 5) is 14.1. The Labute approximate surface area is 157 Å². The Morgan fingerprint density at radius 3 is 2.67 bits per heavy atom. The summed E-state index contributed by atoms with van der Waals surface area (Å²) in [5.41, 5.74) is 0.608. The monoisotopic (exact) mass is 392 g/mol. The highest BCUT2D eigenvalue weighted by Crippen LogP contribution is 2.34. The first-order valence-corrected chi connectivity index (χ1v) is 10.4. The number of nitrogens with one attached hydrogen (secondary N) is 1. The SMILES string of the molecule is O=C(Nc1ccc2c(c1)OCO2)N1CCC(S(=O)(=O)Cc2ccco2)CC1. The van der Waals surface area contributed by atoms with E-state index >= 15 is 0 Å². The Hall–Kier alpha value is -2.68. The van der Waals surface area contributed by atoms with E-state index in [1.807, 2.05) is 0 Å². The molecule has 0 bridgehead atoms. The number of hydrogen-bond donors (Lipinski definition) is 1. The maximum Gasteiger partial charge on any atom is 0.321 e. The van der Waals surface area contributed by atoms with Gasteiger partial charge in [0.25, 0.3) is 0 Å². The third-order valence-electron chi connectivity index (χ3n) is 4.78. The molecule has 0 unspecified atom stereocenters. The molecule has 2 aromatic rings. The highest BCUT2D eigenvalue weighted by Gasteiger charge is 2.32. The molecule has 0 saturated carbocycles. The topological polar surface area (TPSA) is 98.1 Å². The second-order valence-electron chi connectivity index (χ2n) is 6.57. The van der Waals surface area contributed by atoms with E-state index in [9.17, 15) is 13.2 Å². The van der Waals surface area contributed by atoms with Crippen LogP contribution in [0.1, 0.15) is 18.6 Å². The number of hydrogen-bond acceptors (Lipinski definition) is 6. The van der Waals surface area contributed by atoms with Gasteiger partial charge in [0.2, 0.25) is 6.79 Å². The van der Waals surface area contributed by atoms with E-state index in [1.54, 1.807) is 35.2 Å². The van der Waals surface area contributed by atoms with Crippen LogP contribution in [0.4, 0.5) is 10.5 Å². The lowest BCUT2D eigenvalue weighted by Crippen LogP contribution is -2.44. The standard InChI is InChI=1S/C18H20N2O6S/c21-18(19-13-3-4-16-17(10-13)26-12-25-16)20-7-5-15(6-8-20)27(22,23)11-14-2-1-9-24-14/h1-4,9-10,15H,5-8,11-12H2,(H,19,21). The molecule has 0 aliphatic carbocycles. The highest BCUT2D eigenvalue weighted by molar-refractivity contribution is 7.91. The number of fused-ring (bicyclic) bond motifs is 1. The van der Waals surface area contributed by atoms with Gasteiger partial charge in [-0.15, -0.1) is 0 Å². The number of furan rings is 1. The Morgan fingerprint density at radius 1 is 1.15 bits per heavy atom. The molecular formula is C18H20N2O6S. The van der Waals surface area contributed by atoms with Crippen LogP contribution in [0.2, 0.25) is 0 Å². The van der Waals surface area contributed by atoms with Crippen molar-refractivity contribution in [3.05, 3.63) is 42.4 Å². The van der Waals surface area contributed by atoms with Crippen LogP contribution >= 0.6 is 0 Å². The van der Waals surface area contributed by atoms with Crippen LogP contribution < -0.4 is 14.8 Å². The number of urea groups is 1. The van der Waals surface area contributed by atoms with Crippen molar-refractivity contribution in [2.24, 2.45) is 0 Å². The number of carbonyl (C=O) groups is 1. The molecule has 4 rings (SSSR count). The summed E-state index contributed by atoms with van der Waals surface area (Å²) in [7, 11) is -3.30. The molecule has 1 aromatic heterocycles. The van der Waals surface area contributed by atoms with Gasteiger partial charge in [-0.1, -0.05) is 0 Å². The minimum atomic E-state index is -3.30. The largest absolute Gasteiger partial charge is 0.468 e. The van der Waals surface area contributed by atoms with Crippen molar-refractivity contribution in [1.82, 2.24) is 4.90 Å². The first-order valence-electron chi connectivity index (χ1n) is 8.71. The van der Waals surface area contributed by atoms with Gasteiger partial charge in [0, 0.05) is 24.8 Å². The van der Waals surface area contributed by atoms with Gasteiger partial charge in [-0.25, -0.2) is 13.2 Å². The number of ether oxygens (including phenoxy) is 2. The number of likely N-dealkylation sites (tertiary alicyclic amines) is 1. The van der Waals surface area contributed by atoms with Gasteiger partial charge in [-0.2, -0.15) is 0 Å². The third-order valence-corrected chi connectivity index (χ3v) is 6.96. The van der Waals surface area contributed by atoms with E-state index in [1.165, 1.54) is 6.26 Å². The quantitative estimate of drug-likeness (QED) is 0.859. The van der Waals surface area contributed by atoms with E-state index in [0.29, 0.717) is 48.9 Å². The molecule has 0 spiro atoms. The van der Waals surface area contributed by atoms with Crippen LogP contribution in [0.15, 0.2) is 41.0 Å². The predicted octanol–water partition coefficient (Wildman–Crippen LogP) is 2.62. The van der Waals surface area contributed by atoms with Crippen molar-refractivity contribution in [1.29, 1.82) is 0 Å². The molecule has 3 heterocycles. The van der Waals surface area contributed by atoms with Gasteiger partial charge in [-0.3, -0.25) is 0 Å². The van der Waals surface area contributed by atoms with E-state index < -0.39 is 15.1 Å². The minimum Gasteiger partial charge on any atom is -0.468 e. The van der Waals surface area contributed by atoms with Crippen LogP contribution in [0.25, 0.3) is 0 Å². The molecule has 9 heteroatoms. The van der Waals surface area contributed by atoms with E-state index in [-0.39, 0.29) is 18.6 Å². The van der Waals surface area contributed by atoms with Crippen LogP contribution in [-0.4, -0.2) is 44.5 Å². The average molecular weight is 392 g/mol. The summed E-state index contributed by atoms with van der Waals surface area (Å²) in [6.45, 7) is 0.948. The number of rotatable bonds is 4. The molecule has 144 valence electrons. The Balaban J connectivity index is 1.32. The third kappa shape index (κ3) is 3.87. The van der Waals surface area contributed by atoms with Crippen molar-refractivity contribution < 1.29 is 27.1 Å². The van der Waals surface area contributed by atoms with Gasteiger partial charge in [0.05, 0.1) is 11.5 Å². The van der Waals surface area contributed by atoms with Crippen molar-refractivity contribution in [3.63, 3.8) is 0 Å². The summed E-state index contributed by atoms with van der Waals surface area (Å²) < 4.78 is 40.7. The second kappa shape index (κ2) is 7.15. The number of nitrogens with zero attached hydrogens (tertiary/aromatic N) is 1. The second-order valence-corrected chi connectivity index (χ2v) is 8.85. The molecule has 1 fully saturated rings. The van der Waals surface area contributed by atoms with Gasteiger partial charge >= 0.3 is 6.03 Å². The number of piperidine rings is 1. The first kappa shape index (κ1) is 17.7. The number of amides is 2. The van der Waals surface area contributed by atoms with E-state index in [0.717, 1.165) is 0 Å². The Bertz CT molecular complexity index is 917. The van der Waals surface area contributed by atoms with Gasteiger partial charge in [0.15, 0.2) is 21.3 Å². The smallest absolute Gasteiger partial charge is 0.321 e. The first-order chi connectivity index (χ1) is 13.0. The summed E-state index contributed by atoms with van der Waals surface area (Å²) in [6.07, 6.45) is 2.29. The fourth-order valence-corrected chi connectivity index (χ4v) is 5.03. The maximum absolute atomic E-state index is 12.5. The number of anilines is 1. The van der Waals surface area contributed by atoms with Crippen molar-refractivity contribution in [3.8, 4) is 11.5 Å². The van der Waals surface area contributed by atoms with Crippen molar-refractivity contribution in [2.45, 2.75) is 23.8 Å². The summed E-state index contributed by atoms with van der Waals surface area (Å²) in [5.74, 6) is 1.58. The summed E-state index contributed by atoms with van der Waals surface area (Å²) >= 11 is 0. The fourth-order valence-electron chi connectivity index (χ4n) is 3.31. The molecule has 8 nitrogen and oxygen atoms in total. The van der Waals surface area contributed by atoms with Crippen molar-refractivity contribution >= 4 is 21.6 Å². The molecule has 0 atom stereocenters. The molecule has 1 aromatic carbocycles. The molecule has 2 aliphatic heterocycles. The minimum absolute atomic E-state index is 0.103. The lowest BCUT2D eigenvalue weighted by atomic mass is 10.1.